The highest BCUT2D eigenvalue weighted by Crippen LogP contribution is 2.25. The second kappa shape index (κ2) is 10.4. The third-order valence-electron chi connectivity index (χ3n) is 5.70. The maximum Gasteiger partial charge on any atom is 0.243 e. The largest absolute Gasteiger partial charge is 0.355 e. The minimum Gasteiger partial charge on any atom is -0.355 e. The molecular formula is C24H27F2N5O2. The van der Waals surface area contributed by atoms with Crippen LogP contribution in [0.2, 0.25) is 0 Å². The van der Waals surface area contributed by atoms with Gasteiger partial charge in [0.1, 0.15) is 17.9 Å². The van der Waals surface area contributed by atoms with E-state index in [0.29, 0.717) is 42.9 Å². The minimum atomic E-state index is -1.00. The number of nitrogens with one attached hydrogen (secondary N) is 2. The molecule has 0 radical (unpaired) electrons. The van der Waals surface area contributed by atoms with E-state index >= 15 is 0 Å². The maximum atomic E-state index is 13.6. The monoisotopic (exact) mass is 455 g/mol. The third-order valence-corrected chi connectivity index (χ3v) is 5.70. The number of nitrogens with zero attached hydrogens (tertiary/aromatic N) is 3. The number of nitriles is 1. The summed E-state index contributed by atoms with van der Waals surface area (Å²) in [6.45, 7) is 6.30. The molecule has 2 amide bonds. The summed E-state index contributed by atoms with van der Waals surface area (Å²) < 4.78 is 26.8. The van der Waals surface area contributed by atoms with E-state index in [1.807, 2.05) is 24.8 Å². The summed E-state index contributed by atoms with van der Waals surface area (Å²) in [6, 6.07) is 6.50. The van der Waals surface area contributed by atoms with Gasteiger partial charge in [0.2, 0.25) is 11.8 Å². The van der Waals surface area contributed by atoms with Crippen LogP contribution in [-0.4, -0.2) is 42.0 Å². The van der Waals surface area contributed by atoms with Crippen LogP contribution in [0.15, 0.2) is 24.3 Å². The molecule has 1 saturated heterocycles. The fraction of sp³-hybridized carbons (Fsp3) is 0.417. The Kier molecular flexibility index (Phi) is 7.59. The number of hydrogen-bond acceptors (Lipinski definition) is 5. The molecular weight excluding hydrogens is 428 g/mol. The highest BCUT2D eigenvalue weighted by molar-refractivity contribution is 5.87. The molecule has 3 rings (SSSR count). The first-order valence-corrected chi connectivity index (χ1v) is 10.8. The van der Waals surface area contributed by atoms with Crippen molar-refractivity contribution in [3.05, 3.63) is 58.3 Å². The van der Waals surface area contributed by atoms with Crippen molar-refractivity contribution < 1.29 is 18.4 Å². The van der Waals surface area contributed by atoms with Crippen molar-refractivity contribution in [2.24, 2.45) is 0 Å². The number of aryl methyl sites for hydroxylation is 2. The number of halogens is 2. The van der Waals surface area contributed by atoms with E-state index in [0.717, 1.165) is 23.4 Å². The second-order valence-electron chi connectivity index (χ2n) is 8.37. The number of amides is 2. The number of anilines is 1. The molecule has 1 aliphatic heterocycles. The third kappa shape index (κ3) is 6.04. The van der Waals surface area contributed by atoms with E-state index in [4.69, 9.17) is 0 Å². The van der Waals surface area contributed by atoms with Crippen molar-refractivity contribution in [3.63, 3.8) is 0 Å². The summed E-state index contributed by atoms with van der Waals surface area (Å²) in [4.78, 5) is 31.1. The van der Waals surface area contributed by atoms with Gasteiger partial charge in [0.05, 0.1) is 5.56 Å². The van der Waals surface area contributed by atoms with E-state index in [1.165, 1.54) is 13.0 Å². The highest BCUT2D eigenvalue weighted by Gasteiger charge is 2.27. The number of rotatable bonds is 6. The van der Waals surface area contributed by atoms with Crippen LogP contribution in [0.25, 0.3) is 0 Å². The van der Waals surface area contributed by atoms with E-state index in [9.17, 15) is 23.6 Å². The number of carbonyl (C=O) groups excluding carboxylic acids is 2. The number of pyridine rings is 1. The Hall–Kier alpha value is -3.54. The Morgan fingerprint density at radius 2 is 1.91 bits per heavy atom. The van der Waals surface area contributed by atoms with Crippen molar-refractivity contribution in [3.8, 4) is 6.07 Å². The van der Waals surface area contributed by atoms with Crippen LogP contribution in [0.3, 0.4) is 0 Å². The summed E-state index contributed by atoms with van der Waals surface area (Å²) in [7, 11) is 0. The smallest absolute Gasteiger partial charge is 0.243 e. The average molecular weight is 456 g/mol. The molecule has 2 heterocycles. The van der Waals surface area contributed by atoms with Gasteiger partial charge < -0.3 is 15.5 Å². The summed E-state index contributed by atoms with van der Waals surface area (Å²) >= 11 is 0. The molecule has 0 unspecified atom stereocenters. The molecule has 0 bridgehead atoms. The van der Waals surface area contributed by atoms with Crippen molar-refractivity contribution in [2.45, 2.75) is 52.1 Å². The molecule has 1 aliphatic rings. The van der Waals surface area contributed by atoms with Crippen LogP contribution in [-0.2, 0) is 16.0 Å². The number of piperidine rings is 1. The number of hydrogen-bond donors (Lipinski definition) is 2. The fourth-order valence-electron chi connectivity index (χ4n) is 4.08. The molecule has 7 nitrogen and oxygen atoms in total. The number of benzene rings is 1. The van der Waals surface area contributed by atoms with Crippen LogP contribution in [0, 0.1) is 36.8 Å². The molecule has 1 aromatic heterocycles. The zero-order valence-electron chi connectivity index (χ0n) is 18.9. The zero-order valence-corrected chi connectivity index (χ0v) is 18.9. The summed E-state index contributed by atoms with van der Waals surface area (Å²) in [6.07, 6.45) is 1.33. The van der Waals surface area contributed by atoms with Gasteiger partial charge in [0, 0.05) is 38.2 Å². The molecule has 1 atom stereocenters. The van der Waals surface area contributed by atoms with E-state index in [-0.39, 0.29) is 18.4 Å². The first kappa shape index (κ1) is 24.1. The molecule has 0 spiro atoms. The van der Waals surface area contributed by atoms with Gasteiger partial charge in [-0.05, 0) is 56.0 Å². The van der Waals surface area contributed by atoms with Crippen molar-refractivity contribution in [2.75, 3.05) is 18.0 Å². The number of carbonyl (C=O) groups is 2. The van der Waals surface area contributed by atoms with Gasteiger partial charge in [0.25, 0.3) is 0 Å². The van der Waals surface area contributed by atoms with Crippen LogP contribution >= 0.6 is 0 Å². The lowest BCUT2D eigenvalue weighted by Gasteiger charge is -2.34. The Morgan fingerprint density at radius 1 is 1.21 bits per heavy atom. The summed E-state index contributed by atoms with van der Waals surface area (Å²) in [5.41, 5.74) is 2.68. The van der Waals surface area contributed by atoms with Crippen molar-refractivity contribution in [1.29, 1.82) is 5.26 Å². The van der Waals surface area contributed by atoms with E-state index < -0.39 is 23.6 Å². The molecule has 2 N–H and O–H groups in total. The average Bonchev–Trinajstić information content (AvgIpc) is 2.75. The lowest BCUT2D eigenvalue weighted by atomic mass is 10.0. The van der Waals surface area contributed by atoms with Gasteiger partial charge in [-0.3, -0.25) is 9.59 Å². The van der Waals surface area contributed by atoms with Crippen LogP contribution < -0.4 is 15.5 Å². The lowest BCUT2D eigenvalue weighted by Crippen LogP contribution is -2.52. The predicted octanol–water partition coefficient (Wildman–Crippen LogP) is 2.68. The molecule has 33 heavy (non-hydrogen) atoms. The van der Waals surface area contributed by atoms with Crippen LogP contribution in [0.4, 0.5) is 14.6 Å². The topological polar surface area (TPSA) is 98.1 Å². The SMILES string of the molecule is CC(=O)N[C@H](Cc1ccc(F)c(F)c1)C(=O)NC1CCN(c2nc(C)cc(C)c2C#N)CC1. The molecule has 2 aromatic rings. The molecule has 1 aromatic carbocycles. The fourth-order valence-corrected chi connectivity index (χ4v) is 4.08. The lowest BCUT2D eigenvalue weighted by molar-refractivity contribution is -0.128. The zero-order chi connectivity index (χ0) is 24.1. The number of aromatic nitrogens is 1. The molecule has 9 heteroatoms. The predicted molar refractivity (Wildman–Crippen MR) is 119 cm³/mol. The van der Waals surface area contributed by atoms with E-state index in [1.54, 1.807) is 0 Å². The molecule has 0 saturated carbocycles. The Balaban J connectivity index is 1.64. The highest BCUT2D eigenvalue weighted by atomic mass is 19.2. The summed E-state index contributed by atoms with van der Waals surface area (Å²) in [5.74, 6) is -2.08. The molecule has 1 fully saturated rings. The van der Waals surface area contributed by atoms with Gasteiger partial charge in [-0.15, -0.1) is 0 Å². The molecule has 0 aliphatic carbocycles. The van der Waals surface area contributed by atoms with Gasteiger partial charge in [-0.25, -0.2) is 13.8 Å². The van der Waals surface area contributed by atoms with Crippen molar-refractivity contribution >= 4 is 17.6 Å². The normalized spacial score (nSPS) is 15.0. The molecule has 174 valence electrons. The maximum absolute atomic E-state index is 13.6. The van der Waals surface area contributed by atoms with Crippen LogP contribution in [0.5, 0.6) is 0 Å². The van der Waals surface area contributed by atoms with Gasteiger partial charge in [0.15, 0.2) is 11.6 Å². The Labute approximate surface area is 191 Å². The summed E-state index contributed by atoms with van der Waals surface area (Å²) in [5, 5.41) is 15.1. The van der Waals surface area contributed by atoms with Gasteiger partial charge in [-0.2, -0.15) is 5.26 Å². The standard InChI is InChI=1S/C24H27F2N5O2/c1-14-10-15(2)28-23(19(14)13-27)31-8-6-18(7-9-31)30-24(33)22(29-16(3)32)12-17-4-5-20(25)21(26)11-17/h4-5,10-11,18,22H,6-9,12H2,1-3H3,(H,29,32)(H,30,33)/t22-/m1/s1. The second-order valence-corrected chi connectivity index (χ2v) is 8.37. The van der Waals surface area contributed by atoms with Crippen molar-refractivity contribution in [1.82, 2.24) is 15.6 Å². The minimum absolute atomic E-state index is 0.0411. The van der Waals surface area contributed by atoms with E-state index in [2.05, 4.69) is 21.7 Å². The van der Waals surface area contributed by atoms with Gasteiger partial charge >= 0.3 is 0 Å². The van der Waals surface area contributed by atoms with Gasteiger partial charge in [-0.1, -0.05) is 6.07 Å². The quantitative estimate of drug-likeness (QED) is 0.698. The first-order chi connectivity index (χ1) is 15.7. The Morgan fingerprint density at radius 3 is 2.52 bits per heavy atom. The van der Waals surface area contributed by atoms with Crippen LogP contribution in [0.1, 0.15) is 42.1 Å². The Bertz CT molecular complexity index is 1090. The first-order valence-electron chi connectivity index (χ1n) is 10.8.